The molecule has 0 saturated carbocycles. The van der Waals surface area contributed by atoms with Gasteiger partial charge in [0.2, 0.25) is 5.82 Å². The molecule has 0 unspecified atom stereocenters. The molecule has 0 atom stereocenters. The van der Waals surface area contributed by atoms with E-state index in [1.807, 2.05) is 47.0 Å². The maximum Gasteiger partial charge on any atom is 0.280 e. The fraction of sp³-hybridized carbons (Fsp3) is 0.0769. The third kappa shape index (κ3) is 3.76. The second-order valence-corrected chi connectivity index (χ2v) is 8.51. The molecule has 0 fully saturated rings. The molecule has 0 saturated heterocycles. The molecule has 1 aliphatic rings. The van der Waals surface area contributed by atoms with E-state index >= 15 is 0 Å². The Morgan fingerprint density at radius 1 is 0.889 bits per heavy atom. The molecule has 1 amide bonds. The molecule has 0 spiro atoms. The van der Waals surface area contributed by atoms with Crippen LogP contribution >= 0.6 is 11.6 Å². The van der Waals surface area contributed by atoms with Crippen molar-refractivity contribution in [2.75, 3.05) is 5.01 Å². The van der Waals surface area contributed by atoms with Gasteiger partial charge in [0.25, 0.3) is 5.91 Å². The van der Waals surface area contributed by atoms with Crippen molar-refractivity contribution in [3.05, 3.63) is 106 Å². The Morgan fingerprint density at radius 3 is 2.19 bits per heavy atom. The van der Waals surface area contributed by atoms with Crippen LogP contribution in [0.4, 0.5) is 27.6 Å². The van der Waals surface area contributed by atoms with Gasteiger partial charge in [0.1, 0.15) is 5.69 Å². The fourth-order valence-corrected chi connectivity index (χ4v) is 4.30. The van der Waals surface area contributed by atoms with Crippen LogP contribution in [-0.4, -0.2) is 16.2 Å². The molecule has 0 N–H and O–H groups in total. The minimum absolute atomic E-state index is 0.0480. The molecule has 10 heteroatoms. The number of fused-ring (bicyclic) bond motifs is 1. The highest BCUT2D eigenvalue weighted by Gasteiger charge is 2.37. The van der Waals surface area contributed by atoms with Gasteiger partial charge in [-0.3, -0.25) is 4.79 Å². The Labute approximate surface area is 206 Å². The first kappa shape index (κ1) is 23.7. The van der Waals surface area contributed by atoms with Crippen LogP contribution in [0.15, 0.2) is 65.4 Å². The van der Waals surface area contributed by atoms with E-state index in [-0.39, 0.29) is 16.3 Å². The molecule has 0 aliphatic carbocycles. The Hall–Kier alpha value is -3.98. The van der Waals surface area contributed by atoms with E-state index in [0.29, 0.717) is 17.1 Å². The summed E-state index contributed by atoms with van der Waals surface area (Å²) in [6.07, 6.45) is 3.25. The van der Waals surface area contributed by atoms with Gasteiger partial charge in [0.15, 0.2) is 23.3 Å². The zero-order chi connectivity index (χ0) is 25.7. The summed E-state index contributed by atoms with van der Waals surface area (Å²) in [7, 11) is 0. The number of para-hydroxylation sites is 1. The van der Waals surface area contributed by atoms with E-state index < -0.39 is 40.7 Å². The summed E-state index contributed by atoms with van der Waals surface area (Å²) in [5.74, 6) is -12.0. The lowest BCUT2D eigenvalue weighted by Crippen LogP contribution is -2.25. The van der Waals surface area contributed by atoms with Gasteiger partial charge in [-0.2, -0.15) is 10.1 Å². The molecule has 5 rings (SSSR count). The molecule has 182 valence electrons. The topological polar surface area (TPSA) is 37.6 Å². The second kappa shape index (κ2) is 8.91. The van der Waals surface area contributed by atoms with E-state index in [9.17, 15) is 26.7 Å². The van der Waals surface area contributed by atoms with Crippen LogP contribution in [0, 0.1) is 29.1 Å². The Balaban J connectivity index is 1.58. The van der Waals surface area contributed by atoms with Gasteiger partial charge < -0.3 is 4.57 Å². The monoisotopic (exact) mass is 515 g/mol. The number of hydrogen-bond acceptors (Lipinski definition) is 2. The highest BCUT2D eigenvalue weighted by Crippen LogP contribution is 2.35. The van der Waals surface area contributed by atoms with Gasteiger partial charge in [-0.05, 0) is 30.7 Å². The molecule has 3 aromatic carbocycles. The molecular weight excluding hydrogens is 501 g/mol. The molecule has 4 aromatic rings. The molecule has 0 bridgehead atoms. The minimum atomic E-state index is -2.32. The number of carbonyl (C=O) groups excluding carboxylic acids is 1. The molecule has 0 radical (unpaired) electrons. The largest absolute Gasteiger partial charge is 0.342 e. The standard InChI is InChI=1S/C26H15ClF5N3O/c1-13-17(26(36)35(33-13)25-23(31)21(29)20(28)22(30)24(25)32)10-15-12-34(19-9-5-3-7-16(15)19)11-14-6-2-4-8-18(14)27/h2-10,12H,11H2,1H3/b17-10-. The summed E-state index contributed by atoms with van der Waals surface area (Å²) < 4.78 is 71.5. The quantitative estimate of drug-likeness (QED) is 0.127. The first-order chi connectivity index (χ1) is 17.2. The number of carbonyl (C=O) groups is 1. The normalized spacial score (nSPS) is 14.9. The number of benzene rings is 3. The lowest BCUT2D eigenvalue weighted by molar-refractivity contribution is -0.114. The van der Waals surface area contributed by atoms with Crippen molar-refractivity contribution in [3.8, 4) is 0 Å². The molecule has 36 heavy (non-hydrogen) atoms. The lowest BCUT2D eigenvalue weighted by Gasteiger charge is -2.15. The van der Waals surface area contributed by atoms with Crippen molar-refractivity contribution in [2.24, 2.45) is 5.10 Å². The highest BCUT2D eigenvalue weighted by atomic mass is 35.5. The Bertz CT molecular complexity index is 1600. The molecule has 4 nitrogen and oxygen atoms in total. The van der Waals surface area contributed by atoms with E-state index in [1.165, 1.54) is 13.0 Å². The van der Waals surface area contributed by atoms with Crippen molar-refractivity contribution >= 4 is 45.9 Å². The van der Waals surface area contributed by atoms with E-state index in [0.717, 1.165) is 16.5 Å². The summed E-state index contributed by atoms with van der Waals surface area (Å²) in [6, 6.07) is 14.7. The van der Waals surface area contributed by atoms with Gasteiger partial charge >= 0.3 is 0 Å². The second-order valence-electron chi connectivity index (χ2n) is 8.10. The van der Waals surface area contributed by atoms with Crippen LogP contribution in [0.25, 0.3) is 17.0 Å². The molecule has 1 aromatic heterocycles. The number of hydrogen-bond donors (Lipinski definition) is 0. The first-order valence-electron chi connectivity index (χ1n) is 10.6. The van der Waals surface area contributed by atoms with Crippen LogP contribution < -0.4 is 5.01 Å². The van der Waals surface area contributed by atoms with Crippen LogP contribution in [-0.2, 0) is 11.3 Å². The number of hydrazone groups is 1. The predicted molar refractivity (Wildman–Crippen MR) is 127 cm³/mol. The average Bonchev–Trinajstić information content (AvgIpc) is 3.35. The number of rotatable bonds is 4. The molecular formula is C26H15ClF5N3O. The van der Waals surface area contributed by atoms with Gasteiger partial charge in [-0.25, -0.2) is 22.0 Å². The Kier molecular flexibility index (Phi) is 5.88. The third-order valence-corrected chi connectivity index (χ3v) is 6.25. The van der Waals surface area contributed by atoms with E-state index in [4.69, 9.17) is 11.6 Å². The van der Waals surface area contributed by atoms with Crippen LogP contribution in [0.3, 0.4) is 0 Å². The summed E-state index contributed by atoms with van der Waals surface area (Å²) in [6.45, 7) is 1.83. The number of nitrogens with zero attached hydrogens (tertiary/aromatic N) is 3. The average molecular weight is 516 g/mol. The fourth-order valence-electron chi connectivity index (χ4n) is 4.10. The number of amides is 1. The summed E-state index contributed by atoms with van der Waals surface area (Å²) in [4.78, 5) is 13.1. The lowest BCUT2D eigenvalue weighted by atomic mass is 10.1. The Morgan fingerprint density at radius 2 is 1.50 bits per heavy atom. The third-order valence-electron chi connectivity index (χ3n) is 5.88. The smallest absolute Gasteiger partial charge is 0.280 e. The summed E-state index contributed by atoms with van der Waals surface area (Å²) in [5.41, 5.74) is 0.855. The number of halogens is 6. The number of aromatic nitrogens is 1. The van der Waals surface area contributed by atoms with Crippen molar-refractivity contribution in [1.29, 1.82) is 0 Å². The zero-order valence-electron chi connectivity index (χ0n) is 18.5. The first-order valence-corrected chi connectivity index (χ1v) is 11.0. The van der Waals surface area contributed by atoms with Crippen LogP contribution in [0.1, 0.15) is 18.1 Å². The maximum absolute atomic E-state index is 14.3. The molecule has 1 aliphatic heterocycles. The van der Waals surface area contributed by atoms with Crippen molar-refractivity contribution in [3.63, 3.8) is 0 Å². The van der Waals surface area contributed by atoms with Crippen molar-refractivity contribution in [2.45, 2.75) is 13.5 Å². The predicted octanol–water partition coefficient (Wildman–Crippen LogP) is 6.84. The van der Waals surface area contributed by atoms with Gasteiger partial charge in [-0.15, -0.1) is 0 Å². The van der Waals surface area contributed by atoms with Crippen molar-refractivity contribution < 1.29 is 26.7 Å². The molecule has 2 heterocycles. The van der Waals surface area contributed by atoms with E-state index in [1.54, 1.807) is 12.3 Å². The SMILES string of the molecule is CC1=NN(c2c(F)c(F)c(F)c(F)c2F)C(=O)/C1=C\c1cn(Cc2ccccc2Cl)c2ccccc12. The highest BCUT2D eigenvalue weighted by molar-refractivity contribution is 6.32. The summed E-state index contributed by atoms with van der Waals surface area (Å²) in [5, 5.41) is 5.34. The van der Waals surface area contributed by atoms with Gasteiger partial charge in [-0.1, -0.05) is 48.0 Å². The number of anilines is 1. The van der Waals surface area contributed by atoms with E-state index in [2.05, 4.69) is 5.10 Å². The van der Waals surface area contributed by atoms with Crippen LogP contribution in [0.5, 0.6) is 0 Å². The van der Waals surface area contributed by atoms with Gasteiger partial charge in [0, 0.05) is 34.2 Å². The van der Waals surface area contributed by atoms with Crippen LogP contribution in [0.2, 0.25) is 5.02 Å². The summed E-state index contributed by atoms with van der Waals surface area (Å²) >= 11 is 6.31. The van der Waals surface area contributed by atoms with Crippen molar-refractivity contribution in [1.82, 2.24) is 4.57 Å². The van der Waals surface area contributed by atoms with Gasteiger partial charge in [0.05, 0.1) is 11.3 Å². The zero-order valence-corrected chi connectivity index (χ0v) is 19.3. The minimum Gasteiger partial charge on any atom is -0.342 e. The maximum atomic E-state index is 14.3.